The zero-order valence-corrected chi connectivity index (χ0v) is 25.2. The van der Waals surface area contributed by atoms with E-state index < -0.39 is 58.7 Å². The molecular weight excluding hydrogens is 610 g/mol. The summed E-state index contributed by atoms with van der Waals surface area (Å²) in [4.78, 5) is 39.4. The van der Waals surface area contributed by atoms with Crippen molar-refractivity contribution in [2.24, 2.45) is 5.41 Å². The number of ketones is 1. The van der Waals surface area contributed by atoms with E-state index in [1.54, 1.807) is 27.7 Å². The standard InChI is InChI=1S/C27H31Cl3F3N3O5/c1-25(2,3)41-10-9-35(14-20(37)21-18(29)11-15(28)12-19(21)30)23(38)17-13-34-36(22(17)27(31,32)33)16-5-7-26(4,8-6-16)24(39)40/h11-13,16H,5-10,14H2,1-4H3,(H,39,40)/t16-,26-. The number of carboxylic acid groups (broad SMARTS) is 1. The molecule has 0 radical (unpaired) electrons. The molecule has 1 amide bonds. The van der Waals surface area contributed by atoms with Crippen molar-refractivity contribution in [3.05, 3.63) is 50.2 Å². The van der Waals surface area contributed by atoms with Gasteiger partial charge in [0.05, 0.1) is 57.6 Å². The molecule has 0 spiro atoms. The molecule has 1 aromatic carbocycles. The van der Waals surface area contributed by atoms with Crippen LogP contribution in [0.4, 0.5) is 13.2 Å². The smallest absolute Gasteiger partial charge is 0.433 e. The third-order valence-corrected chi connectivity index (χ3v) is 7.83. The number of hydrogen-bond donors (Lipinski definition) is 1. The predicted octanol–water partition coefficient (Wildman–Crippen LogP) is 7.21. The highest BCUT2D eigenvalue weighted by Gasteiger charge is 2.45. The molecule has 0 aliphatic heterocycles. The maximum atomic E-state index is 14.4. The van der Waals surface area contributed by atoms with E-state index in [0.717, 1.165) is 15.8 Å². The third kappa shape index (κ3) is 7.94. The summed E-state index contributed by atoms with van der Waals surface area (Å²) in [5.74, 6) is -2.80. The van der Waals surface area contributed by atoms with Crippen LogP contribution in [0.1, 0.15) is 85.8 Å². The number of halogens is 6. The van der Waals surface area contributed by atoms with Crippen LogP contribution < -0.4 is 0 Å². The summed E-state index contributed by atoms with van der Waals surface area (Å²) in [5, 5.41) is 13.5. The second-order valence-electron chi connectivity index (χ2n) is 11.3. The number of Topliss-reactive ketones (excluding diaryl/α,β-unsaturated/α-hetero) is 1. The molecule has 2 aromatic rings. The Hall–Kier alpha value is -2.34. The van der Waals surface area contributed by atoms with Gasteiger partial charge in [-0.1, -0.05) is 34.8 Å². The Morgan fingerprint density at radius 2 is 1.68 bits per heavy atom. The van der Waals surface area contributed by atoms with Crippen LogP contribution in [-0.4, -0.2) is 62.7 Å². The largest absolute Gasteiger partial charge is 0.481 e. The van der Waals surface area contributed by atoms with E-state index in [-0.39, 0.29) is 59.5 Å². The highest BCUT2D eigenvalue weighted by molar-refractivity contribution is 6.42. The number of carbonyl (C=O) groups excluding carboxylic acids is 2. The van der Waals surface area contributed by atoms with Gasteiger partial charge in [-0.05, 0) is 65.5 Å². The zero-order valence-electron chi connectivity index (χ0n) is 22.9. The fourth-order valence-electron chi connectivity index (χ4n) is 4.72. The molecule has 0 atom stereocenters. The molecule has 1 N–H and O–H groups in total. The van der Waals surface area contributed by atoms with Gasteiger partial charge in [0, 0.05) is 11.6 Å². The lowest BCUT2D eigenvalue weighted by Crippen LogP contribution is -2.40. The molecule has 1 aliphatic carbocycles. The summed E-state index contributed by atoms with van der Waals surface area (Å²) < 4.78 is 49.7. The van der Waals surface area contributed by atoms with Gasteiger partial charge in [-0.25, -0.2) is 0 Å². The molecule has 1 aromatic heterocycles. The lowest BCUT2D eigenvalue weighted by molar-refractivity contribution is -0.152. The first-order chi connectivity index (χ1) is 18.8. The van der Waals surface area contributed by atoms with Crippen LogP contribution in [0.2, 0.25) is 15.1 Å². The van der Waals surface area contributed by atoms with E-state index in [1.165, 1.54) is 12.1 Å². The predicted molar refractivity (Wildman–Crippen MR) is 148 cm³/mol. The first-order valence-electron chi connectivity index (χ1n) is 12.8. The van der Waals surface area contributed by atoms with Crippen molar-refractivity contribution in [3.8, 4) is 0 Å². The van der Waals surface area contributed by atoms with Crippen LogP contribution in [0.25, 0.3) is 0 Å². The van der Waals surface area contributed by atoms with Crippen molar-refractivity contribution in [1.29, 1.82) is 0 Å². The number of aromatic nitrogens is 2. The molecule has 1 saturated carbocycles. The minimum Gasteiger partial charge on any atom is -0.481 e. The monoisotopic (exact) mass is 639 g/mol. The Bertz CT molecular complexity index is 1290. The fraction of sp³-hybridized carbons (Fsp3) is 0.556. The number of amides is 1. The number of rotatable bonds is 9. The second-order valence-corrected chi connectivity index (χ2v) is 12.6. The minimum atomic E-state index is -4.96. The van der Waals surface area contributed by atoms with Crippen LogP contribution in [0.5, 0.6) is 0 Å². The Morgan fingerprint density at radius 1 is 1.12 bits per heavy atom. The highest BCUT2D eigenvalue weighted by atomic mass is 35.5. The van der Waals surface area contributed by atoms with Gasteiger partial charge < -0.3 is 14.7 Å². The Kier molecular flexibility index (Phi) is 10.1. The molecule has 1 aliphatic rings. The maximum absolute atomic E-state index is 14.4. The van der Waals surface area contributed by atoms with Gasteiger partial charge in [0.2, 0.25) is 0 Å². The fourth-order valence-corrected chi connectivity index (χ4v) is 5.75. The highest BCUT2D eigenvalue weighted by Crippen LogP contribution is 2.43. The van der Waals surface area contributed by atoms with Gasteiger partial charge in [-0.2, -0.15) is 18.3 Å². The van der Waals surface area contributed by atoms with Crippen molar-refractivity contribution in [2.75, 3.05) is 19.7 Å². The summed E-state index contributed by atoms with van der Waals surface area (Å²) >= 11 is 18.3. The van der Waals surface area contributed by atoms with Gasteiger partial charge in [0.25, 0.3) is 5.91 Å². The van der Waals surface area contributed by atoms with Crippen molar-refractivity contribution in [3.63, 3.8) is 0 Å². The molecule has 1 heterocycles. The number of hydrogen-bond acceptors (Lipinski definition) is 5. The molecule has 14 heteroatoms. The molecule has 0 saturated heterocycles. The SMILES string of the molecule is CC(C)(C)OCCN(CC(=O)c1c(Cl)cc(Cl)cc1Cl)C(=O)c1cnn([C@H]2CC[C@](C)(C(=O)O)CC2)c1C(F)(F)F. The van der Waals surface area contributed by atoms with E-state index in [2.05, 4.69) is 5.10 Å². The van der Waals surface area contributed by atoms with Gasteiger partial charge in [-0.3, -0.25) is 19.1 Å². The number of nitrogens with zero attached hydrogens (tertiary/aromatic N) is 3. The number of ether oxygens (including phenoxy) is 1. The third-order valence-electron chi connectivity index (χ3n) is 7.02. The average molecular weight is 641 g/mol. The van der Waals surface area contributed by atoms with Crippen LogP contribution in [0.15, 0.2) is 18.3 Å². The van der Waals surface area contributed by atoms with Crippen molar-refractivity contribution >= 4 is 52.5 Å². The van der Waals surface area contributed by atoms with Gasteiger partial charge in [0.1, 0.15) is 0 Å². The van der Waals surface area contributed by atoms with E-state index in [1.807, 2.05) is 0 Å². The van der Waals surface area contributed by atoms with Crippen molar-refractivity contribution in [2.45, 2.75) is 71.2 Å². The molecular formula is C27H31Cl3F3N3O5. The number of carbonyl (C=O) groups is 3. The molecule has 3 rings (SSSR count). The summed E-state index contributed by atoms with van der Waals surface area (Å²) in [7, 11) is 0. The van der Waals surface area contributed by atoms with E-state index in [4.69, 9.17) is 39.5 Å². The summed E-state index contributed by atoms with van der Waals surface area (Å²) in [6.45, 7) is 5.93. The van der Waals surface area contributed by atoms with Crippen LogP contribution >= 0.6 is 34.8 Å². The molecule has 41 heavy (non-hydrogen) atoms. The van der Waals surface area contributed by atoms with E-state index >= 15 is 0 Å². The van der Waals surface area contributed by atoms with Gasteiger partial charge in [0.15, 0.2) is 11.5 Å². The first kappa shape index (κ1) is 33.2. The topological polar surface area (TPSA) is 102 Å². The van der Waals surface area contributed by atoms with Crippen LogP contribution in [-0.2, 0) is 15.7 Å². The average Bonchev–Trinajstić information content (AvgIpc) is 3.28. The van der Waals surface area contributed by atoms with E-state index in [0.29, 0.717) is 0 Å². The normalized spacial score (nSPS) is 19.7. The van der Waals surface area contributed by atoms with Gasteiger partial charge >= 0.3 is 12.1 Å². The number of carboxylic acids is 1. The van der Waals surface area contributed by atoms with E-state index in [9.17, 15) is 32.7 Å². The molecule has 0 bridgehead atoms. The van der Waals surface area contributed by atoms with Crippen molar-refractivity contribution < 1.29 is 37.4 Å². The number of benzene rings is 1. The summed E-state index contributed by atoms with van der Waals surface area (Å²) in [5.41, 5.74) is -3.78. The minimum absolute atomic E-state index is 0.0692. The van der Waals surface area contributed by atoms with Crippen LogP contribution in [0.3, 0.4) is 0 Å². The van der Waals surface area contributed by atoms with Crippen molar-refractivity contribution in [1.82, 2.24) is 14.7 Å². The molecule has 226 valence electrons. The second kappa shape index (κ2) is 12.5. The summed E-state index contributed by atoms with van der Waals surface area (Å²) in [6, 6.07) is 1.83. The Balaban J connectivity index is 1.96. The first-order valence-corrected chi connectivity index (χ1v) is 14.0. The quantitative estimate of drug-likeness (QED) is 0.291. The molecule has 1 fully saturated rings. The number of alkyl halides is 3. The number of aliphatic carboxylic acids is 1. The lowest BCUT2D eigenvalue weighted by Gasteiger charge is -2.34. The molecule has 0 unspecified atom stereocenters. The molecule has 8 nitrogen and oxygen atoms in total. The zero-order chi connectivity index (χ0) is 30.9. The Morgan fingerprint density at radius 3 is 2.17 bits per heavy atom. The maximum Gasteiger partial charge on any atom is 0.433 e. The van der Waals surface area contributed by atoms with Crippen LogP contribution in [0, 0.1) is 5.41 Å². The summed E-state index contributed by atoms with van der Waals surface area (Å²) in [6.07, 6.45) is -3.55. The lowest BCUT2D eigenvalue weighted by atomic mass is 9.74. The van der Waals surface area contributed by atoms with Gasteiger partial charge in [-0.15, -0.1) is 0 Å². The Labute approximate surface area is 250 Å².